The monoisotopic (exact) mass is 434 g/mol. The molecule has 30 heavy (non-hydrogen) atoms. The number of hydrogen-bond donors (Lipinski definition) is 0. The molecule has 1 aliphatic rings. The molecule has 0 N–H and O–H groups in total. The van der Waals surface area contributed by atoms with Crippen molar-refractivity contribution in [1.82, 2.24) is 0 Å². The van der Waals surface area contributed by atoms with E-state index in [1.54, 1.807) is 0 Å². The molecule has 0 radical (unpaired) electrons. The summed E-state index contributed by atoms with van der Waals surface area (Å²) in [7, 11) is -1.62. The molecule has 0 heterocycles. The van der Waals surface area contributed by atoms with Gasteiger partial charge in [0.05, 0.1) is 6.61 Å². The number of ether oxygens (including phenoxy) is 1. The highest BCUT2D eigenvalue weighted by Gasteiger charge is 2.21. The summed E-state index contributed by atoms with van der Waals surface area (Å²) in [6, 6.07) is 8.01. The van der Waals surface area contributed by atoms with Crippen molar-refractivity contribution in [2.24, 2.45) is 0 Å². The first-order valence-electron chi connectivity index (χ1n) is 12.5. The molecule has 0 saturated heterocycles. The fourth-order valence-electron chi connectivity index (χ4n) is 4.54. The molecule has 1 aromatic carbocycles. The van der Waals surface area contributed by atoms with Crippen LogP contribution in [0.2, 0.25) is 6.04 Å². The lowest BCUT2D eigenvalue weighted by Crippen LogP contribution is -2.29. The van der Waals surface area contributed by atoms with Crippen molar-refractivity contribution in [3.63, 3.8) is 0 Å². The van der Waals surface area contributed by atoms with E-state index < -0.39 is 9.28 Å². The average Bonchev–Trinajstić information content (AvgIpc) is 2.71. The highest BCUT2D eigenvalue weighted by atomic mass is 28.3. The molecule has 0 spiro atoms. The van der Waals surface area contributed by atoms with Gasteiger partial charge in [0.25, 0.3) is 0 Å². The van der Waals surface area contributed by atoms with Crippen molar-refractivity contribution >= 4 is 9.28 Å². The molecule has 1 unspecified atom stereocenters. The normalized spacial score (nSPS) is 16.6. The Morgan fingerprint density at radius 2 is 1.63 bits per heavy atom. The molecule has 1 aliphatic carbocycles. The minimum absolute atomic E-state index is 0.233. The van der Waals surface area contributed by atoms with Gasteiger partial charge in [-0.25, -0.2) is 0 Å². The van der Waals surface area contributed by atoms with Gasteiger partial charge in [-0.2, -0.15) is 0 Å². The fraction of sp³-hybridized carbons (Fsp3) is 0.769. The second kappa shape index (κ2) is 13.5. The van der Waals surface area contributed by atoms with E-state index >= 15 is 0 Å². The average molecular weight is 435 g/mol. The molecule has 1 saturated carbocycles. The molecule has 0 bridgehead atoms. The quantitative estimate of drug-likeness (QED) is 0.238. The summed E-state index contributed by atoms with van der Waals surface area (Å²) in [6.45, 7) is 13.8. The summed E-state index contributed by atoms with van der Waals surface area (Å²) < 4.78 is 18.5. The third-order valence-corrected chi connectivity index (χ3v) is 8.63. The van der Waals surface area contributed by atoms with Crippen LogP contribution in [0.1, 0.15) is 116 Å². The van der Waals surface area contributed by atoms with Crippen LogP contribution >= 0.6 is 0 Å². The maximum atomic E-state index is 6.36. The largest absolute Gasteiger partial charge is 0.493 e. The van der Waals surface area contributed by atoms with Crippen molar-refractivity contribution in [2.45, 2.75) is 123 Å². The van der Waals surface area contributed by atoms with Gasteiger partial charge in [-0.3, -0.25) is 0 Å². The standard InChI is InChI=1S/C26H46O3Si/c1-7-12-22(6)24-15-16-26(25(19-24)23-13-9-8-10-14-23)27-17-11-18-30(28-20(2)3)29-21(4)5/h15-16,19-23,30H,7-14,17-18H2,1-6H3. The summed E-state index contributed by atoms with van der Waals surface area (Å²) in [6.07, 6.45) is 10.7. The van der Waals surface area contributed by atoms with Crippen LogP contribution in [0.4, 0.5) is 0 Å². The van der Waals surface area contributed by atoms with Crippen molar-refractivity contribution < 1.29 is 13.6 Å². The predicted octanol–water partition coefficient (Wildman–Crippen LogP) is 7.48. The van der Waals surface area contributed by atoms with Crippen LogP contribution in [0, 0.1) is 0 Å². The first-order valence-corrected chi connectivity index (χ1v) is 14.2. The second-order valence-corrected chi connectivity index (χ2v) is 11.6. The van der Waals surface area contributed by atoms with Crippen LogP contribution in [0.25, 0.3) is 0 Å². The van der Waals surface area contributed by atoms with E-state index in [1.165, 1.54) is 56.1 Å². The van der Waals surface area contributed by atoms with E-state index in [9.17, 15) is 0 Å². The highest BCUT2D eigenvalue weighted by Crippen LogP contribution is 2.39. The first-order chi connectivity index (χ1) is 14.4. The molecule has 0 aromatic heterocycles. The zero-order valence-electron chi connectivity index (χ0n) is 20.4. The third-order valence-electron chi connectivity index (χ3n) is 6.06. The Kier molecular flexibility index (Phi) is 11.5. The van der Waals surface area contributed by atoms with E-state index in [0.29, 0.717) is 11.8 Å². The third kappa shape index (κ3) is 8.72. The summed E-state index contributed by atoms with van der Waals surface area (Å²) in [5.41, 5.74) is 2.94. The van der Waals surface area contributed by atoms with E-state index in [2.05, 4.69) is 59.7 Å². The van der Waals surface area contributed by atoms with Gasteiger partial charge in [0.1, 0.15) is 5.75 Å². The van der Waals surface area contributed by atoms with Crippen LogP contribution < -0.4 is 4.74 Å². The van der Waals surface area contributed by atoms with Gasteiger partial charge in [-0.05, 0) is 88.5 Å². The van der Waals surface area contributed by atoms with Gasteiger partial charge >= 0.3 is 9.28 Å². The minimum Gasteiger partial charge on any atom is -0.493 e. The predicted molar refractivity (Wildman–Crippen MR) is 130 cm³/mol. The molecular formula is C26H46O3Si. The van der Waals surface area contributed by atoms with Gasteiger partial charge in [-0.15, -0.1) is 0 Å². The topological polar surface area (TPSA) is 27.7 Å². The van der Waals surface area contributed by atoms with E-state index in [4.69, 9.17) is 13.6 Å². The maximum Gasteiger partial charge on any atom is 0.321 e. The molecule has 0 aliphatic heterocycles. The number of rotatable bonds is 13. The van der Waals surface area contributed by atoms with Gasteiger partial charge in [0.15, 0.2) is 0 Å². The molecule has 3 nitrogen and oxygen atoms in total. The lowest BCUT2D eigenvalue weighted by Gasteiger charge is -2.26. The van der Waals surface area contributed by atoms with Gasteiger partial charge in [0, 0.05) is 12.2 Å². The first kappa shape index (κ1) is 25.4. The molecule has 172 valence electrons. The summed E-state index contributed by atoms with van der Waals surface area (Å²) in [5.74, 6) is 2.40. The molecule has 0 amide bonds. The van der Waals surface area contributed by atoms with E-state index in [1.807, 2.05) is 0 Å². The van der Waals surface area contributed by atoms with E-state index in [-0.39, 0.29) is 12.2 Å². The zero-order chi connectivity index (χ0) is 21.9. The smallest absolute Gasteiger partial charge is 0.321 e. The van der Waals surface area contributed by atoms with E-state index in [0.717, 1.165) is 24.8 Å². The summed E-state index contributed by atoms with van der Waals surface area (Å²) in [4.78, 5) is 0. The lowest BCUT2D eigenvalue weighted by molar-refractivity contribution is 0.128. The Morgan fingerprint density at radius 1 is 0.967 bits per heavy atom. The van der Waals surface area contributed by atoms with Crippen LogP contribution in [0.3, 0.4) is 0 Å². The number of hydrogen-bond acceptors (Lipinski definition) is 3. The van der Waals surface area contributed by atoms with Gasteiger partial charge in [0.2, 0.25) is 0 Å². The molecular weight excluding hydrogens is 388 g/mol. The van der Waals surface area contributed by atoms with Crippen molar-refractivity contribution in [3.8, 4) is 5.75 Å². The van der Waals surface area contributed by atoms with Crippen molar-refractivity contribution in [3.05, 3.63) is 29.3 Å². The molecule has 1 aromatic rings. The lowest BCUT2D eigenvalue weighted by atomic mass is 9.82. The summed E-state index contributed by atoms with van der Waals surface area (Å²) >= 11 is 0. The highest BCUT2D eigenvalue weighted by molar-refractivity contribution is 6.44. The Labute approximate surface area is 187 Å². The Balaban J connectivity index is 2.00. The zero-order valence-corrected chi connectivity index (χ0v) is 21.6. The van der Waals surface area contributed by atoms with Crippen LogP contribution in [0.15, 0.2) is 18.2 Å². The van der Waals surface area contributed by atoms with Crippen LogP contribution in [-0.2, 0) is 8.85 Å². The van der Waals surface area contributed by atoms with Gasteiger partial charge in [-0.1, -0.05) is 51.7 Å². The molecule has 1 atom stereocenters. The summed E-state index contributed by atoms with van der Waals surface area (Å²) in [5, 5.41) is 0. The Morgan fingerprint density at radius 3 is 2.23 bits per heavy atom. The SMILES string of the molecule is CCCC(C)c1ccc(OCCC[SiH](OC(C)C)OC(C)C)c(C2CCCCC2)c1. The van der Waals surface area contributed by atoms with Crippen molar-refractivity contribution in [2.75, 3.05) is 6.61 Å². The Hall–Kier alpha value is -0.843. The Bertz CT molecular complexity index is 586. The fourth-order valence-corrected chi connectivity index (χ4v) is 6.60. The molecule has 2 rings (SSSR count). The molecule has 4 heteroatoms. The van der Waals surface area contributed by atoms with Crippen molar-refractivity contribution in [1.29, 1.82) is 0 Å². The van der Waals surface area contributed by atoms with Crippen LogP contribution in [0.5, 0.6) is 5.75 Å². The second-order valence-electron chi connectivity index (χ2n) is 9.61. The number of benzene rings is 1. The minimum atomic E-state index is -1.62. The van der Waals surface area contributed by atoms with Gasteiger partial charge < -0.3 is 13.6 Å². The maximum absolute atomic E-state index is 6.36. The molecule has 1 fully saturated rings. The van der Waals surface area contributed by atoms with Crippen LogP contribution in [-0.4, -0.2) is 28.1 Å².